The summed E-state index contributed by atoms with van der Waals surface area (Å²) in [5, 5.41) is 1.14. The topological polar surface area (TPSA) is 63.2 Å². The van der Waals surface area contributed by atoms with Crippen LogP contribution in [0.5, 0.6) is 0 Å². The number of aldehydes is 1. The number of rotatable bonds is 4. The summed E-state index contributed by atoms with van der Waals surface area (Å²) in [6.45, 7) is 0. The van der Waals surface area contributed by atoms with Gasteiger partial charge in [0, 0.05) is 16.6 Å². The van der Waals surface area contributed by atoms with E-state index in [4.69, 9.17) is 0 Å². The maximum atomic E-state index is 12.6. The first-order chi connectivity index (χ1) is 10.6. The number of para-hydroxylation sites is 1. The Hall–Kier alpha value is -2.66. The molecule has 0 fully saturated rings. The summed E-state index contributed by atoms with van der Waals surface area (Å²) in [6, 6.07) is 18.6. The number of benzene rings is 3. The van der Waals surface area contributed by atoms with Crippen LogP contribution in [0.3, 0.4) is 0 Å². The van der Waals surface area contributed by atoms with Gasteiger partial charge in [-0.05, 0) is 29.7 Å². The summed E-state index contributed by atoms with van der Waals surface area (Å²) in [4.78, 5) is 11.3. The smallest absolute Gasteiger partial charge is 0.262 e. The highest BCUT2D eigenvalue weighted by Crippen LogP contribution is 2.27. The molecule has 0 saturated heterocycles. The molecule has 3 rings (SSSR count). The van der Waals surface area contributed by atoms with Gasteiger partial charge in [0.1, 0.15) is 0 Å². The fraction of sp³-hybridized carbons (Fsp3) is 0. The van der Waals surface area contributed by atoms with E-state index in [0.717, 1.165) is 6.29 Å². The number of fused-ring (bicyclic) bond motifs is 1. The quantitative estimate of drug-likeness (QED) is 0.751. The summed E-state index contributed by atoms with van der Waals surface area (Å²) < 4.78 is 27.8. The van der Waals surface area contributed by atoms with Crippen LogP contribution in [0, 0.1) is 0 Å². The fourth-order valence-corrected chi connectivity index (χ4v) is 3.62. The van der Waals surface area contributed by atoms with Gasteiger partial charge in [-0.2, -0.15) is 0 Å². The van der Waals surface area contributed by atoms with E-state index in [1.165, 1.54) is 12.1 Å². The molecule has 0 heterocycles. The largest absolute Gasteiger partial charge is 0.298 e. The fourth-order valence-electron chi connectivity index (χ4n) is 2.35. The van der Waals surface area contributed by atoms with E-state index in [0.29, 0.717) is 22.0 Å². The number of anilines is 1. The van der Waals surface area contributed by atoms with Crippen LogP contribution in [0.25, 0.3) is 10.8 Å². The molecule has 0 spiro atoms. The summed E-state index contributed by atoms with van der Waals surface area (Å²) in [6.07, 6.45) is 0.726. The Balaban J connectivity index is 2.16. The maximum Gasteiger partial charge on any atom is 0.262 e. The second kappa shape index (κ2) is 5.61. The Labute approximate surface area is 128 Å². The normalized spacial score (nSPS) is 11.3. The zero-order chi connectivity index (χ0) is 15.6. The molecule has 3 aromatic carbocycles. The molecular formula is C17H13NO3S. The van der Waals surface area contributed by atoms with Crippen LogP contribution in [0.4, 0.5) is 5.69 Å². The number of hydrogen-bond donors (Lipinski definition) is 1. The predicted octanol–water partition coefficient (Wildman–Crippen LogP) is 3.45. The van der Waals surface area contributed by atoms with E-state index >= 15 is 0 Å². The maximum absolute atomic E-state index is 12.6. The second-order valence-electron chi connectivity index (χ2n) is 4.79. The minimum absolute atomic E-state index is 0.151. The number of carbonyl (C=O) groups excluding carboxylic acids is 1. The first-order valence-corrected chi connectivity index (χ1v) is 8.15. The molecule has 3 aromatic rings. The van der Waals surface area contributed by atoms with Crippen molar-refractivity contribution in [2.45, 2.75) is 4.90 Å². The van der Waals surface area contributed by atoms with Crippen molar-refractivity contribution in [1.29, 1.82) is 0 Å². The number of sulfonamides is 1. The summed E-state index contributed by atoms with van der Waals surface area (Å²) >= 11 is 0. The third-order valence-electron chi connectivity index (χ3n) is 3.36. The molecule has 22 heavy (non-hydrogen) atoms. The van der Waals surface area contributed by atoms with Crippen molar-refractivity contribution < 1.29 is 13.2 Å². The Morgan fingerprint density at radius 3 is 2.09 bits per heavy atom. The molecule has 0 aliphatic heterocycles. The Kier molecular flexibility index (Phi) is 3.65. The number of nitrogens with one attached hydrogen (secondary N) is 1. The first kappa shape index (κ1) is 14.3. The monoisotopic (exact) mass is 311 g/mol. The van der Waals surface area contributed by atoms with E-state index in [9.17, 15) is 13.2 Å². The molecule has 0 unspecified atom stereocenters. The van der Waals surface area contributed by atoms with Crippen LogP contribution in [0.15, 0.2) is 71.6 Å². The lowest BCUT2D eigenvalue weighted by molar-refractivity contribution is 0.112. The molecule has 0 radical (unpaired) electrons. The molecule has 0 bridgehead atoms. The van der Waals surface area contributed by atoms with Gasteiger partial charge < -0.3 is 0 Å². The lowest BCUT2D eigenvalue weighted by atomic mass is 10.1. The Morgan fingerprint density at radius 2 is 1.41 bits per heavy atom. The first-order valence-electron chi connectivity index (χ1n) is 6.66. The van der Waals surface area contributed by atoms with Gasteiger partial charge in [-0.15, -0.1) is 0 Å². The van der Waals surface area contributed by atoms with E-state index in [1.54, 1.807) is 48.5 Å². The minimum Gasteiger partial charge on any atom is -0.298 e. The predicted molar refractivity (Wildman–Crippen MR) is 86.6 cm³/mol. The van der Waals surface area contributed by atoms with Gasteiger partial charge in [0.25, 0.3) is 10.0 Å². The van der Waals surface area contributed by atoms with E-state index in [2.05, 4.69) is 4.72 Å². The molecule has 0 aromatic heterocycles. The van der Waals surface area contributed by atoms with Gasteiger partial charge >= 0.3 is 0 Å². The summed E-state index contributed by atoms with van der Waals surface area (Å²) in [7, 11) is -3.73. The number of hydrogen-bond acceptors (Lipinski definition) is 3. The molecule has 0 aliphatic carbocycles. The zero-order valence-electron chi connectivity index (χ0n) is 11.6. The van der Waals surface area contributed by atoms with Gasteiger partial charge in [0.2, 0.25) is 0 Å². The molecule has 0 amide bonds. The zero-order valence-corrected chi connectivity index (χ0v) is 12.4. The Morgan fingerprint density at radius 1 is 0.773 bits per heavy atom. The molecule has 110 valence electrons. The van der Waals surface area contributed by atoms with Crippen molar-refractivity contribution in [2.75, 3.05) is 4.72 Å². The van der Waals surface area contributed by atoms with Gasteiger partial charge in [0.05, 0.1) is 4.90 Å². The second-order valence-corrected chi connectivity index (χ2v) is 6.44. The van der Waals surface area contributed by atoms with Crippen LogP contribution < -0.4 is 4.72 Å². The van der Waals surface area contributed by atoms with Crippen molar-refractivity contribution in [2.24, 2.45) is 0 Å². The van der Waals surface area contributed by atoms with Gasteiger partial charge in [0.15, 0.2) is 6.29 Å². The molecule has 0 saturated carbocycles. The van der Waals surface area contributed by atoms with Crippen LogP contribution in [-0.4, -0.2) is 14.7 Å². The van der Waals surface area contributed by atoms with Gasteiger partial charge in [-0.1, -0.05) is 42.5 Å². The van der Waals surface area contributed by atoms with Crippen molar-refractivity contribution in [1.82, 2.24) is 0 Å². The van der Waals surface area contributed by atoms with E-state index in [-0.39, 0.29) is 4.90 Å². The van der Waals surface area contributed by atoms with Crippen molar-refractivity contribution >= 4 is 32.8 Å². The van der Waals surface area contributed by atoms with Crippen LogP contribution in [0.1, 0.15) is 10.4 Å². The molecule has 1 N–H and O–H groups in total. The SMILES string of the molecule is O=Cc1ccc(S(=O)(=O)Nc2ccccc2)c2ccccc12. The van der Waals surface area contributed by atoms with Crippen LogP contribution in [-0.2, 0) is 10.0 Å². The standard InChI is InChI=1S/C17H13NO3S/c19-12-13-10-11-17(16-9-5-4-8-15(13)16)22(20,21)18-14-6-2-1-3-7-14/h1-12,18H. The van der Waals surface area contributed by atoms with Gasteiger partial charge in [-0.25, -0.2) is 8.42 Å². The highest BCUT2D eigenvalue weighted by molar-refractivity contribution is 7.93. The third kappa shape index (κ3) is 2.58. The lowest BCUT2D eigenvalue weighted by Crippen LogP contribution is -2.13. The highest BCUT2D eigenvalue weighted by Gasteiger charge is 2.18. The third-order valence-corrected chi connectivity index (χ3v) is 4.80. The average molecular weight is 311 g/mol. The highest BCUT2D eigenvalue weighted by atomic mass is 32.2. The summed E-state index contributed by atoms with van der Waals surface area (Å²) in [5.41, 5.74) is 0.959. The molecule has 5 heteroatoms. The van der Waals surface area contributed by atoms with Crippen molar-refractivity contribution in [3.63, 3.8) is 0 Å². The minimum atomic E-state index is -3.73. The molecule has 4 nitrogen and oxygen atoms in total. The lowest BCUT2D eigenvalue weighted by Gasteiger charge is -2.11. The van der Waals surface area contributed by atoms with Crippen molar-refractivity contribution in [3.05, 3.63) is 72.3 Å². The average Bonchev–Trinajstić information content (AvgIpc) is 2.54. The van der Waals surface area contributed by atoms with Crippen molar-refractivity contribution in [3.8, 4) is 0 Å². The van der Waals surface area contributed by atoms with Crippen LogP contribution >= 0.6 is 0 Å². The molecule has 0 atom stereocenters. The van der Waals surface area contributed by atoms with Gasteiger partial charge in [-0.3, -0.25) is 9.52 Å². The van der Waals surface area contributed by atoms with E-state index < -0.39 is 10.0 Å². The Bertz CT molecular complexity index is 935. The van der Waals surface area contributed by atoms with E-state index in [1.807, 2.05) is 6.07 Å². The van der Waals surface area contributed by atoms with Crippen LogP contribution in [0.2, 0.25) is 0 Å². The molecular weight excluding hydrogens is 298 g/mol. The molecule has 0 aliphatic rings. The summed E-state index contributed by atoms with van der Waals surface area (Å²) in [5.74, 6) is 0. The number of carbonyl (C=O) groups is 1.